The van der Waals surface area contributed by atoms with Crippen LogP contribution >= 0.6 is 15.9 Å². The number of hydrogen-bond donors (Lipinski definition) is 2. The molecule has 1 saturated carbocycles. The van der Waals surface area contributed by atoms with Crippen LogP contribution in [0.5, 0.6) is 0 Å². The van der Waals surface area contributed by atoms with Gasteiger partial charge < -0.3 is 5.73 Å². The number of halogens is 1. The number of hydrogen-bond acceptors (Lipinski definition) is 3. The van der Waals surface area contributed by atoms with Crippen LogP contribution in [-0.2, 0) is 10.0 Å². The lowest BCUT2D eigenvalue weighted by Gasteiger charge is -2.31. The van der Waals surface area contributed by atoms with Crippen molar-refractivity contribution in [1.82, 2.24) is 4.72 Å². The Morgan fingerprint density at radius 2 is 1.95 bits per heavy atom. The van der Waals surface area contributed by atoms with Crippen molar-refractivity contribution in [1.29, 1.82) is 0 Å². The van der Waals surface area contributed by atoms with Crippen LogP contribution < -0.4 is 10.5 Å². The molecule has 0 aliphatic heterocycles. The summed E-state index contributed by atoms with van der Waals surface area (Å²) < 4.78 is 28.2. The van der Waals surface area contributed by atoms with Crippen molar-refractivity contribution in [3.8, 4) is 0 Å². The molecule has 0 radical (unpaired) electrons. The third-order valence-corrected chi connectivity index (χ3v) is 6.15. The first-order valence-corrected chi connectivity index (χ1v) is 8.79. The van der Waals surface area contributed by atoms with Gasteiger partial charge in [-0.25, -0.2) is 13.1 Å². The minimum atomic E-state index is -3.49. The maximum absolute atomic E-state index is 12.4. The molecule has 0 aromatic heterocycles. The van der Waals surface area contributed by atoms with E-state index in [1.54, 1.807) is 24.3 Å². The molecule has 2 rings (SSSR count). The van der Waals surface area contributed by atoms with Crippen LogP contribution in [0.25, 0.3) is 0 Å². The van der Waals surface area contributed by atoms with Crippen molar-refractivity contribution in [3.63, 3.8) is 0 Å². The predicted molar refractivity (Wildman–Crippen MR) is 79.3 cm³/mol. The highest BCUT2D eigenvalue weighted by Gasteiger charge is 2.29. The molecule has 0 amide bonds. The van der Waals surface area contributed by atoms with Gasteiger partial charge in [0.1, 0.15) is 0 Å². The molecule has 1 aromatic carbocycles. The first-order valence-electron chi connectivity index (χ1n) is 6.51. The quantitative estimate of drug-likeness (QED) is 0.877. The largest absolute Gasteiger partial charge is 0.330 e. The molecular weight excluding hydrogens is 328 g/mol. The molecule has 6 heteroatoms. The Balaban J connectivity index is 2.19. The SMILES string of the molecule is NCC1CCCCC1NS(=O)(=O)c1ccccc1Br. The highest BCUT2D eigenvalue weighted by Crippen LogP contribution is 2.27. The molecule has 2 atom stereocenters. The van der Waals surface area contributed by atoms with Gasteiger partial charge in [-0.05, 0) is 53.4 Å². The molecule has 4 nitrogen and oxygen atoms in total. The molecule has 1 aromatic rings. The molecule has 0 heterocycles. The van der Waals surface area contributed by atoms with Crippen molar-refractivity contribution in [2.45, 2.75) is 36.6 Å². The first kappa shape index (κ1) is 15.0. The standard InChI is InChI=1S/C13H19BrN2O2S/c14-11-6-2-4-8-13(11)19(17,18)16-12-7-3-1-5-10(12)9-15/h2,4,6,8,10,12,16H,1,3,5,7,9,15H2. The summed E-state index contributed by atoms with van der Waals surface area (Å²) in [5.41, 5.74) is 5.74. The monoisotopic (exact) mass is 346 g/mol. The second-order valence-electron chi connectivity index (χ2n) is 4.94. The van der Waals surface area contributed by atoms with E-state index in [-0.39, 0.29) is 16.9 Å². The summed E-state index contributed by atoms with van der Waals surface area (Å²) in [6, 6.07) is 6.81. The molecule has 1 aliphatic rings. The molecule has 19 heavy (non-hydrogen) atoms. The van der Waals surface area contributed by atoms with Gasteiger partial charge in [0, 0.05) is 10.5 Å². The highest BCUT2D eigenvalue weighted by molar-refractivity contribution is 9.10. The van der Waals surface area contributed by atoms with Crippen molar-refractivity contribution in [2.75, 3.05) is 6.54 Å². The highest BCUT2D eigenvalue weighted by atomic mass is 79.9. The maximum Gasteiger partial charge on any atom is 0.241 e. The first-order chi connectivity index (χ1) is 9.04. The summed E-state index contributed by atoms with van der Waals surface area (Å²) in [6.07, 6.45) is 4.06. The van der Waals surface area contributed by atoms with E-state index in [9.17, 15) is 8.42 Å². The van der Waals surface area contributed by atoms with Crippen molar-refractivity contribution < 1.29 is 8.42 Å². The lowest BCUT2D eigenvalue weighted by atomic mass is 9.85. The van der Waals surface area contributed by atoms with Crippen LogP contribution in [0.15, 0.2) is 33.6 Å². The third kappa shape index (κ3) is 3.56. The number of sulfonamides is 1. The van der Waals surface area contributed by atoms with Gasteiger partial charge in [0.15, 0.2) is 0 Å². The van der Waals surface area contributed by atoms with Crippen molar-refractivity contribution in [3.05, 3.63) is 28.7 Å². The zero-order valence-electron chi connectivity index (χ0n) is 10.7. The maximum atomic E-state index is 12.4. The minimum absolute atomic E-state index is 0.0455. The van der Waals surface area contributed by atoms with Crippen LogP contribution in [0.4, 0.5) is 0 Å². The number of nitrogens with one attached hydrogen (secondary N) is 1. The molecule has 0 spiro atoms. The summed E-state index contributed by atoms with van der Waals surface area (Å²) in [4.78, 5) is 0.288. The van der Waals surface area contributed by atoms with Gasteiger partial charge >= 0.3 is 0 Å². The molecule has 0 bridgehead atoms. The van der Waals surface area contributed by atoms with E-state index < -0.39 is 10.0 Å². The molecule has 3 N–H and O–H groups in total. The normalized spacial score (nSPS) is 24.3. The second kappa shape index (κ2) is 6.35. The average molecular weight is 347 g/mol. The topological polar surface area (TPSA) is 72.2 Å². The number of benzene rings is 1. The van der Waals surface area contributed by atoms with Crippen LogP contribution in [0.2, 0.25) is 0 Å². The fourth-order valence-corrected chi connectivity index (χ4v) is 4.91. The Labute approximate surface area is 122 Å². The minimum Gasteiger partial charge on any atom is -0.330 e. The Morgan fingerprint density at radius 3 is 2.63 bits per heavy atom. The van der Waals surface area contributed by atoms with E-state index in [0.29, 0.717) is 11.0 Å². The van der Waals surface area contributed by atoms with E-state index >= 15 is 0 Å². The van der Waals surface area contributed by atoms with Crippen LogP contribution in [0.3, 0.4) is 0 Å². The summed E-state index contributed by atoms with van der Waals surface area (Å²) in [5.74, 6) is 0.242. The Morgan fingerprint density at radius 1 is 1.26 bits per heavy atom. The van der Waals surface area contributed by atoms with Crippen molar-refractivity contribution >= 4 is 26.0 Å². The zero-order chi connectivity index (χ0) is 13.9. The Hall–Kier alpha value is -0.430. The van der Waals surface area contributed by atoms with Gasteiger partial charge in [-0.15, -0.1) is 0 Å². The van der Waals surface area contributed by atoms with E-state index in [1.807, 2.05) is 0 Å². The van der Waals surface area contributed by atoms with Gasteiger partial charge in [0.05, 0.1) is 4.90 Å². The van der Waals surface area contributed by atoms with E-state index in [4.69, 9.17) is 5.73 Å². The molecule has 2 unspecified atom stereocenters. The Kier molecular flexibility index (Phi) is 5.00. The fraction of sp³-hybridized carbons (Fsp3) is 0.538. The summed E-state index contributed by atoms with van der Waals surface area (Å²) in [6.45, 7) is 0.531. The van der Waals surface area contributed by atoms with Gasteiger partial charge in [0.25, 0.3) is 0 Å². The van der Waals surface area contributed by atoms with Crippen molar-refractivity contribution in [2.24, 2.45) is 11.7 Å². The smallest absolute Gasteiger partial charge is 0.241 e. The summed E-state index contributed by atoms with van der Waals surface area (Å²) >= 11 is 3.29. The van der Waals surface area contributed by atoms with Crippen LogP contribution in [0.1, 0.15) is 25.7 Å². The van der Waals surface area contributed by atoms with Gasteiger partial charge in [-0.1, -0.05) is 25.0 Å². The molecule has 1 fully saturated rings. The molecular formula is C13H19BrN2O2S. The third-order valence-electron chi connectivity index (χ3n) is 3.64. The van der Waals surface area contributed by atoms with E-state index in [2.05, 4.69) is 20.7 Å². The Bertz CT molecular complexity index is 533. The van der Waals surface area contributed by atoms with Crippen LogP contribution in [0, 0.1) is 5.92 Å². The molecule has 0 saturated heterocycles. The summed E-state index contributed by atoms with van der Waals surface area (Å²) in [5, 5.41) is 0. The lowest BCUT2D eigenvalue weighted by Crippen LogP contribution is -2.44. The second-order valence-corrected chi connectivity index (χ2v) is 7.48. The van der Waals surface area contributed by atoms with E-state index in [1.165, 1.54) is 0 Å². The van der Waals surface area contributed by atoms with Crippen LogP contribution in [-0.4, -0.2) is 21.0 Å². The predicted octanol–water partition coefficient (Wildman–Crippen LogP) is 2.24. The average Bonchev–Trinajstić information content (AvgIpc) is 2.39. The summed E-state index contributed by atoms with van der Waals surface area (Å²) in [7, 11) is -3.49. The fourth-order valence-electron chi connectivity index (χ4n) is 2.57. The van der Waals surface area contributed by atoms with Gasteiger partial charge in [-0.3, -0.25) is 0 Å². The number of nitrogens with two attached hydrogens (primary N) is 1. The van der Waals surface area contributed by atoms with Gasteiger partial charge in [-0.2, -0.15) is 0 Å². The van der Waals surface area contributed by atoms with Gasteiger partial charge in [0.2, 0.25) is 10.0 Å². The number of rotatable bonds is 4. The molecule has 1 aliphatic carbocycles. The molecule has 106 valence electrons. The van der Waals surface area contributed by atoms with E-state index in [0.717, 1.165) is 25.7 Å². The lowest BCUT2D eigenvalue weighted by molar-refractivity contribution is 0.296. The zero-order valence-corrected chi connectivity index (χ0v) is 13.1.